The Labute approximate surface area is 269 Å². The van der Waals surface area contributed by atoms with Crippen LogP contribution in [0.4, 0.5) is 35.9 Å². The number of aromatic nitrogens is 2. The second-order valence-corrected chi connectivity index (χ2v) is 11.7. The number of amides is 2. The topological polar surface area (TPSA) is 152 Å². The maximum absolute atomic E-state index is 13.1. The van der Waals surface area contributed by atoms with Crippen molar-refractivity contribution in [3.8, 4) is 11.4 Å². The summed E-state index contributed by atoms with van der Waals surface area (Å²) in [5, 5.41) is 19.2. The number of hydrogen-bond donors (Lipinski definition) is 2. The zero-order valence-electron chi connectivity index (χ0n) is 25.9. The highest BCUT2D eigenvalue weighted by Crippen LogP contribution is 2.36. The molecule has 0 aliphatic carbocycles. The molecule has 0 spiro atoms. The van der Waals surface area contributed by atoms with Crippen molar-refractivity contribution in [3.05, 3.63) is 70.6 Å². The molecule has 1 saturated heterocycles. The molecule has 4 rings (SSSR count). The number of rotatable bonds is 6. The van der Waals surface area contributed by atoms with Crippen molar-refractivity contribution >= 4 is 23.9 Å². The minimum Gasteiger partial charge on any atom is -0.465 e. The number of guanidine groups is 1. The molecule has 0 unspecified atom stereocenters. The lowest BCUT2D eigenvalue weighted by atomic mass is 10.1. The van der Waals surface area contributed by atoms with Gasteiger partial charge in [-0.2, -0.15) is 31.3 Å². The summed E-state index contributed by atoms with van der Waals surface area (Å²) in [4.78, 5) is 38.3. The Bertz CT molecular complexity index is 1660. The number of carbonyl (C=O) groups excluding carboxylic acids is 1. The molecule has 2 aromatic carbocycles. The largest absolute Gasteiger partial charge is 0.465 e. The Morgan fingerprint density at radius 2 is 1.67 bits per heavy atom. The molecule has 258 valence electrons. The molecule has 0 radical (unpaired) electrons. The van der Waals surface area contributed by atoms with Crippen LogP contribution in [0, 0.1) is 0 Å². The lowest BCUT2D eigenvalue weighted by molar-refractivity contribution is -0.143. The summed E-state index contributed by atoms with van der Waals surface area (Å²) >= 11 is 0. The van der Waals surface area contributed by atoms with E-state index < -0.39 is 47.9 Å². The van der Waals surface area contributed by atoms with Crippen molar-refractivity contribution in [1.29, 1.82) is 0 Å². The van der Waals surface area contributed by atoms with Crippen LogP contribution in [0.3, 0.4) is 0 Å². The number of nitrogens with zero attached hydrogens (tertiary/aromatic N) is 5. The molecule has 0 bridgehead atoms. The van der Waals surface area contributed by atoms with Gasteiger partial charge in [0, 0.05) is 18.7 Å². The van der Waals surface area contributed by atoms with E-state index in [1.54, 1.807) is 56.9 Å². The number of benzene rings is 2. The Hall–Kier alpha value is -5.16. The minimum absolute atomic E-state index is 0.0360. The SMILES string of the molecule is C/C(=N\OCc1cc(C(F)(F)F)cc(C(F)(F)F)c1)c1ccc(-c2noc([C@@H]3CCN(/C(=N\C(=O)OC(C)(C)C)NC(=O)O)C3)n2)cc1. The average molecular weight is 685 g/mol. The first kappa shape index (κ1) is 35.7. The maximum atomic E-state index is 13.1. The van der Waals surface area contributed by atoms with Gasteiger partial charge in [0.2, 0.25) is 17.7 Å². The van der Waals surface area contributed by atoms with Gasteiger partial charge in [-0.25, -0.2) is 9.59 Å². The fourth-order valence-corrected chi connectivity index (χ4v) is 4.54. The molecule has 1 atom stereocenters. The predicted octanol–water partition coefficient (Wildman–Crippen LogP) is 7.06. The molecular formula is C30H30F6N6O6. The smallest absolute Gasteiger partial charge is 0.437 e. The first-order valence-corrected chi connectivity index (χ1v) is 14.2. The lowest BCUT2D eigenvalue weighted by Crippen LogP contribution is -2.43. The van der Waals surface area contributed by atoms with Crippen molar-refractivity contribution < 1.29 is 55.1 Å². The summed E-state index contributed by atoms with van der Waals surface area (Å²) in [6, 6.07) is 7.74. The van der Waals surface area contributed by atoms with E-state index in [2.05, 4.69) is 25.6 Å². The molecule has 1 aromatic heterocycles. The van der Waals surface area contributed by atoms with Crippen LogP contribution in [0.15, 0.2) is 57.1 Å². The fourth-order valence-electron chi connectivity index (χ4n) is 4.54. The number of carbonyl (C=O) groups is 2. The molecule has 18 heteroatoms. The van der Waals surface area contributed by atoms with Crippen LogP contribution in [0.2, 0.25) is 0 Å². The van der Waals surface area contributed by atoms with Crippen molar-refractivity contribution in [2.24, 2.45) is 10.1 Å². The third-order valence-electron chi connectivity index (χ3n) is 6.73. The van der Waals surface area contributed by atoms with E-state index in [1.807, 2.05) is 0 Å². The Kier molecular flexibility index (Phi) is 10.3. The predicted molar refractivity (Wildman–Crippen MR) is 157 cm³/mol. The second-order valence-electron chi connectivity index (χ2n) is 11.7. The van der Waals surface area contributed by atoms with Gasteiger partial charge >= 0.3 is 24.5 Å². The maximum Gasteiger partial charge on any atom is 0.437 e. The molecular weight excluding hydrogens is 654 g/mol. The Morgan fingerprint density at radius 1 is 1.04 bits per heavy atom. The Balaban J connectivity index is 1.40. The van der Waals surface area contributed by atoms with Crippen LogP contribution >= 0.6 is 0 Å². The monoisotopic (exact) mass is 684 g/mol. The quantitative estimate of drug-likeness (QED) is 0.120. The first-order valence-electron chi connectivity index (χ1n) is 14.2. The van der Waals surface area contributed by atoms with Crippen LogP contribution in [0.25, 0.3) is 11.4 Å². The van der Waals surface area contributed by atoms with Crippen LogP contribution < -0.4 is 5.32 Å². The number of nitrogens with one attached hydrogen (secondary N) is 1. The van der Waals surface area contributed by atoms with E-state index in [9.17, 15) is 41.0 Å². The van der Waals surface area contributed by atoms with Gasteiger partial charge in [0.25, 0.3) is 0 Å². The summed E-state index contributed by atoms with van der Waals surface area (Å²) in [6.45, 7) is 6.40. The van der Waals surface area contributed by atoms with Gasteiger partial charge in [0.05, 0.1) is 22.8 Å². The summed E-state index contributed by atoms with van der Waals surface area (Å²) < 4.78 is 89.3. The van der Waals surface area contributed by atoms with Crippen LogP contribution in [0.1, 0.15) is 68.2 Å². The van der Waals surface area contributed by atoms with Crippen LogP contribution in [0.5, 0.6) is 0 Å². The summed E-state index contributed by atoms with van der Waals surface area (Å²) in [5.74, 6) is 0.0205. The van der Waals surface area contributed by atoms with E-state index >= 15 is 0 Å². The highest BCUT2D eigenvalue weighted by molar-refractivity contribution is 5.99. The zero-order chi connectivity index (χ0) is 35.4. The van der Waals surface area contributed by atoms with Crippen LogP contribution in [-0.2, 0) is 28.5 Å². The number of hydrogen-bond acceptors (Lipinski definition) is 8. The molecule has 3 aromatic rings. The number of alkyl halides is 6. The molecule has 0 saturated carbocycles. The zero-order valence-corrected chi connectivity index (χ0v) is 25.9. The van der Waals surface area contributed by atoms with Crippen LogP contribution in [-0.4, -0.2) is 62.7 Å². The minimum atomic E-state index is -4.98. The Morgan fingerprint density at radius 3 is 2.23 bits per heavy atom. The molecule has 2 N–H and O–H groups in total. The lowest BCUT2D eigenvalue weighted by Gasteiger charge is -2.21. The number of ether oxygens (including phenoxy) is 1. The molecule has 12 nitrogen and oxygen atoms in total. The standard InChI is InChI=1S/C30H30F6N6O6/c1-16(40-46-15-17-11-21(29(31,32)33)13-22(12-17)30(34,35)36)18-5-7-19(8-6-18)23-37-24(48-41-23)20-9-10-42(14-20)25(38-26(43)44)39-27(45)47-28(2,3)4/h5-8,11-13,20H,9-10,14-15H2,1-4H3,(H,43,44)(H,38,39,45)/b40-16+/t20-/m1/s1. The normalized spacial score (nSPS) is 16.2. The van der Waals surface area contributed by atoms with E-state index in [4.69, 9.17) is 14.1 Å². The molecule has 2 heterocycles. The van der Waals surface area contributed by atoms with Gasteiger partial charge in [0.15, 0.2) is 0 Å². The molecule has 1 aliphatic heterocycles. The molecule has 1 fully saturated rings. The van der Waals surface area contributed by atoms with E-state index in [0.29, 0.717) is 41.9 Å². The highest BCUT2D eigenvalue weighted by atomic mass is 19.4. The van der Waals surface area contributed by atoms with Gasteiger partial charge in [-0.15, -0.1) is 4.99 Å². The highest BCUT2D eigenvalue weighted by Gasteiger charge is 2.37. The third kappa shape index (κ3) is 9.68. The van der Waals surface area contributed by atoms with Gasteiger partial charge in [-0.05, 0) is 63.4 Å². The van der Waals surface area contributed by atoms with E-state index in [1.165, 1.54) is 0 Å². The van der Waals surface area contributed by atoms with Crippen molar-refractivity contribution in [2.75, 3.05) is 13.1 Å². The second kappa shape index (κ2) is 13.9. The van der Waals surface area contributed by atoms with Crippen molar-refractivity contribution in [1.82, 2.24) is 20.4 Å². The number of aliphatic imine (C=N–C) groups is 1. The number of carboxylic acid groups (broad SMARTS) is 1. The summed E-state index contributed by atoms with van der Waals surface area (Å²) in [6.07, 6.45) is -11.8. The molecule has 48 heavy (non-hydrogen) atoms. The third-order valence-corrected chi connectivity index (χ3v) is 6.73. The molecule has 1 aliphatic rings. The van der Waals surface area contributed by atoms with E-state index in [-0.39, 0.29) is 41.8 Å². The average Bonchev–Trinajstić information content (AvgIpc) is 3.65. The van der Waals surface area contributed by atoms with Gasteiger partial charge < -0.3 is 24.1 Å². The van der Waals surface area contributed by atoms with E-state index in [0.717, 1.165) is 0 Å². The molecule has 2 amide bonds. The first-order chi connectivity index (χ1) is 22.3. The van der Waals surface area contributed by atoms with Gasteiger partial charge in [0.1, 0.15) is 12.2 Å². The summed E-state index contributed by atoms with van der Waals surface area (Å²) in [5.41, 5.74) is -2.70. The number of likely N-dealkylation sites (tertiary alicyclic amines) is 1. The van der Waals surface area contributed by atoms with Crippen molar-refractivity contribution in [3.63, 3.8) is 0 Å². The van der Waals surface area contributed by atoms with Gasteiger partial charge in [-0.1, -0.05) is 34.6 Å². The number of oxime groups is 1. The summed E-state index contributed by atoms with van der Waals surface area (Å²) in [7, 11) is 0. The fraction of sp³-hybridized carbons (Fsp3) is 0.400. The number of halogens is 6. The van der Waals surface area contributed by atoms with Crippen molar-refractivity contribution in [2.45, 2.75) is 64.6 Å². The van der Waals surface area contributed by atoms with Gasteiger partial charge in [-0.3, -0.25) is 5.32 Å².